The quantitative estimate of drug-likeness (QED) is 0.449. The van der Waals surface area contributed by atoms with Gasteiger partial charge in [-0.15, -0.1) is 0 Å². The molecule has 0 aromatic heterocycles. The first-order valence-corrected chi connectivity index (χ1v) is 8.60. The number of carbonyl (C=O) groups excluding carboxylic acids is 2. The maximum Gasteiger partial charge on any atom is 0.323 e. The summed E-state index contributed by atoms with van der Waals surface area (Å²) in [4.78, 5) is 24.3. The number of rotatable bonds is 3. The monoisotopic (exact) mass is 400 g/mol. The van der Waals surface area contributed by atoms with Crippen molar-refractivity contribution in [3.8, 4) is 11.8 Å². The summed E-state index contributed by atoms with van der Waals surface area (Å²) in [6, 6.07) is 13.9. The maximum atomic E-state index is 12.3. The van der Waals surface area contributed by atoms with Crippen LogP contribution in [0, 0.1) is 17.3 Å². The average Bonchev–Trinajstić information content (AvgIpc) is 3.27. The molecule has 0 radical (unpaired) electrons. The van der Waals surface area contributed by atoms with E-state index in [9.17, 15) is 9.59 Å². The van der Waals surface area contributed by atoms with Gasteiger partial charge in [-0.2, -0.15) is 0 Å². The van der Waals surface area contributed by atoms with Gasteiger partial charge in [0.1, 0.15) is 9.74 Å². The third-order valence-electron chi connectivity index (χ3n) is 4.67. The van der Waals surface area contributed by atoms with Gasteiger partial charge in [0.15, 0.2) is 0 Å². The Hall–Kier alpha value is -2.32. The van der Waals surface area contributed by atoms with E-state index < -0.39 is 21.7 Å². The van der Waals surface area contributed by atoms with E-state index in [1.165, 1.54) is 14.2 Å². The molecule has 0 saturated heterocycles. The van der Waals surface area contributed by atoms with E-state index in [0.717, 1.165) is 16.3 Å². The second-order valence-electron chi connectivity index (χ2n) is 6.05. The Labute approximate surface area is 154 Å². The lowest BCUT2D eigenvalue weighted by molar-refractivity contribution is -0.151. The Morgan fingerprint density at radius 1 is 1.08 bits per heavy atom. The molecule has 0 bridgehead atoms. The van der Waals surface area contributed by atoms with Gasteiger partial charge in [0.2, 0.25) is 0 Å². The van der Waals surface area contributed by atoms with Gasteiger partial charge in [-0.25, -0.2) is 0 Å². The van der Waals surface area contributed by atoms with E-state index in [-0.39, 0.29) is 6.42 Å². The number of benzene rings is 2. The van der Waals surface area contributed by atoms with Crippen molar-refractivity contribution >= 4 is 38.6 Å². The van der Waals surface area contributed by atoms with Crippen LogP contribution in [0.5, 0.6) is 0 Å². The van der Waals surface area contributed by atoms with Crippen LogP contribution in [0.25, 0.3) is 10.8 Å². The molecule has 0 N–H and O–H groups in total. The molecule has 2 aromatic carbocycles. The van der Waals surface area contributed by atoms with Crippen molar-refractivity contribution < 1.29 is 19.1 Å². The highest BCUT2D eigenvalue weighted by atomic mass is 79.9. The Morgan fingerprint density at radius 3 is 2.48 bits per heavy atom. The van der Waals surface area contributed by atoms with Crippen LogP contribution in [0.1, 0.15) is 18.4 Å². The van der Waals surface area contributed by atoms with Crippen LogP contribution < -0.4 is 0 Å². The summed E-state index contributed by atoms with van der Waals surface area (Å²) < 4.78 is 8.64. The lowest BCUT2D eigenvalue weighted by Crippen LogP contribution is -2.31. The number of esters is 2. The third-order valence-corrected chi connectivity index (χ3v) is 6.03. The number of alkyl halides is 1. The molecular formula is C20H17BrO4. The van der Waals surface area contributed by atoms with Crippen molar-refractivity contribution in [1.82, 2.24) is 0 Å². The summed E-state index contributed by atoms with van der Waals surface area (Å²) in [5.74, 6) is 5.25. The summed E-state index contributed by atoms with van der Waals surface area (Å²) in [7, 11) is 2.61. The number of methoxy groups -OCH3 is 2. The van der Waals surface area contributed by atoms with E-state index in [2.05, 4.69) is 27.8 Å². The first kappa shape index (κ1) is 17.5. The van der Waals surface area contributed by atoms with Crippen LogP contribution in [-0.2, 0) is 19.1 Å². The lowest BCUT2D eigenvalue weighted by Gasteiger charge is -2.15. The predicted octanol–water partition coefficient (Wildman–Crippen LogP) is 3.45. The molecule has 5 heteroatoms. The smallest absolute Gasteiger partial charge is 0.323 e. The zero-order valence-electron chi connectivity index (χ0n) is 14.0. The fraction of sp³-hybridized carbons (Fsp3) is 0.300. The summed E-state index contributed by atoms with van der Waals surface area (Å²) in [5, 5.41) is 2.16. The third kappa shape index (κ3) is 2.81. The second-order valence-corrected chi connectivity index (χ2v) is 7.40. The molecule has 25 heavy (non-hydrogen) atoms. The predicted molar refractivity (Wildman–Crippen MR) is 98.2 cm³/mol. The van der Waals surface area contributed by atoms with E-state index in [0.29, 0.717) is 6.42 Å². The summed E-state index contributed by atoms with van der Waals surface area (Å²) >= 11 is 3.36. The highest BCUT2D eigenvalue weighted by Crippen LogP contribution is 2.65. The van der Waals surface area contributed by atoms with E-state index in [1.54, 1.807) is 0 Å². The van der Waals surface area contributed by atoms with Crippen LogP contribution in [0.15, 0.2) is 42.5 Å². The molecule has 0 aliphatic heterocycles. The number of fused-ring (bicyclic) bond motifs is 1. The molecule has 0 unspecified atom stereocenters. The highest BCUT2D eigenvalue weighted by molar-refractivity contribution is 9.10. The minimum atomic E-state index is -1.06. The van der Waals surface area contributed by atoms with Crippen molar-refractivity contribution in [2.75, 3.05) is 14.2 Å². The van der Waals surface area contributed by atoms with Gasteiger partial charge < -0.3 is 9.47 Å². The largest absolute Gasteiger partial charge is 0.469 e. The molecule has 1 aliphatic carbocycles. The standard InChI is InChI=1S/C20H17BrO4/c1-24-17(22)19(13-20(19,21)18(23)25-2)12-6-10-15-9-5-8-14-7-3-4-11-16(14)15/h3-5,7-9,11H,12-13H2,1-2H3/t19-,20-/m1/s1. The van der Waals surface area contributed by atoms with Crippen LogP contribution in [0.2, 0.25) is 0 Å². The number of hydrogen-bond donors (Lipinski definition) is 0. The van der Waals surface area contributed by atoms with Crippen molar-refractivity contribution in [3.05, 3.63) is 48.0 Å². The summed E-state index contributed by atoms with van der Waals surface area (Å²) in [5.41, 5.74) is -0.121. The SMILES string of the molecule is COC(=O)[C@@]1(CC#Cc2cccc3ccccc23)C[C@@]1(Br)C(=O)OC. The maximum absolute atomic E-state index is 12.3. The molecule has 1 saturated carbocycles. The van der Waals surface area contributed by atoms with Gasteiger partial charge in [-0.05, 0) is 23.3 Å². The zero-order chi connectivity index (χ0) is 18.1. The van der Waals surface area contributed by atoms with Crippen LogP contribution in [-0.4, -0.2) is 30.5 Å². The normalized spacial score (nSPS) is 24.1. The molecular weight excluding hydrogens is 384 g/mol. The van der Waals surface area contributed by atoms with Crippen LogP contribution >= 0.6 is 15.9 Å². The lowest BCUT2D eigenvalue weighted by atomic mass is 9.98. The molecule has 0 spiro atoms. The Kier molecular flexibility index (Phi) is 4.57. The molecule has 4 nitrogen and oxygen atoms in total. The van der Waals surface area contributed by atoms with E-state index in [4.69, 9.17) is 9.47 Å². The first-order valence-electron chi connectivity index (χ1n) is 7.81. The van der Waals surface area contributed by atoms with Crippen LogP contribution in [0.4, 0.5) is 0 Å². The Balaban J connectivity index is 1.90. The van der Waals surface area contributed by atoms with Gasteiger partial charge in [0, 0.05) is 12.0 Å². The number of hydrogen-bond acceptors (Lipinski definition) is 4. The summed E-state index contributed by atoms with van der Waals surface area (Å²) in [6.07, 6.45) is 0.521. The molecule has 2 aromatic rings. The topological polar surface area (TPSA) is 52.6 Å². The molecule has 0 heterocycles. The molecule has 2 atom stereocenters. The van der Waals surface area contributed by atoms with Crippen molar-refractivity contribution in [3.63, 3.8) is 0 Å². The molecule has 0 amide bonds. The van der Waals surface area contributed by atoms with Gasteiger partial charge in [-0.3, -0.25) is 9.59 Å². The number of carbonyl (C=O) groups is 2. The highest BCUT2D eigenvalue weighted by Gasteiger charge is 2.76. The summed E-state index contributed by atoms with van der Waals surface area (Å²) in [6.45, 7) is 0. The van der Waals surface area contributed by atoms with Crippen molar-refractivity contribution in [1.29, 1.82) is 0 Å². The zero-order valence-corrected chi connectivity index (χ0v) is 15.6. The van der Waals surface area contributed by atoms with Gasteiger partial charge in [-0.1, -0.05) is 64.2 Å². The minimum Gasteiger partial charge on any atom is -0.469 e. The molecule has 1 aliphatic rings. The van der Waals surface area contributed by atoms with Gasteiger partial charge >= 0.3 is 11.9 Å². The van der Waals surface area contributed by atoms with Crippen LogP contribution in [0.3, 0.4) is 0 Å². The van der Waals surface area contributed by atoms with E-state index in [1.807, 2.05) is 42.5 Å². The molecule has 3 rings (SSSR count). The number of ether oxygens (including phenoxy) is 2. The fourth-order valence-electron chi connectivity index (χ4n) is 3.13. The van der Waals surface area contributed by atoms with Gasteiger partial charge in [0.05, 0.1) is 14.2 Å². The second kappa shape index (κ2) is 6.53. The Morgan fingerprint density at radius 2 is 1.76 bits per heavy atom. The number of halogens is 1. The molecule has 1 fully saturated rings. The molecule has 128 valence electrons. The Bertz CT molecular complexity index is 905. The minimum absolute atomic E-state index is 0.212. The van der Waals surface area contributed by atoms with E-state index >= 15 is 0 Å². The van der Waals surface area contributed by atoms with Crippen molar-refractivity contribution in [2.45, 2.75) is 17.2 Å². The first-order chi connectivity index (χ1) is 12.0. The fourth-order valence-corrected chi connectivity index (χ4v) is 4.07. The van der Waals surface area contributed by atoms with Gasteiger partial charge in [0.25, 0.3) is 0 Å². The van der Waals surface area contributed by atoms with Crippen molar-refractivity contribution in [2.24, 2.45) is 5.41 Å². The average molecular weight is 401 g/mol.